The molecule has 0 aliphatic heterocycles. The molecule has 8 nitrogen and oxygen atoms in total. The molecule has 1 atom stereocenters. The van der Waals surface area contributed by atoms with Gasteiger partial charge in [0.2, 0.25) is 11.9 Å². The summed E-state index contributed by atoms with van der Waals surface area (Å²) in [6, 6.07) is 141. The molecule has 1 unspecified atom stereocenters. The predicted octanol–water partition coefficient (Wildman–Crippen LogP) is 24.6. The minimum absolute atomic E-state index is 0.536. The highest BCUT2D eigenvalue weighted by Gasteiger charge is 2.53. The fourth-order valence-corrected chi connectivity index (χ4v) is 19.1. The summed E-state index contributed by atoms with van der Waals surface area (Å²) >= 11 is 0. The van der Waals surface area contributed by atoms with Gasteiger partial charge in [0.1, 0.15) is 0 Å². The minimum Gasteiger partial charge on any atom is -0.278 e. The molecule has 0 amide bonds. The maximum absolute atomic E-state index is 5.77. The van der Waals surface area contributed by atoms with Crippen LogP contribution in [-0.4, -0.2) is 39.0 Å². The molecule has 8 heteroatoms. The van der Waals surface area contributed by atoms with Gasteiger partial charge in [0, 0.05) is 49.4 Å². The summed E-state index contributed by atoms with van der Waals surface area (Å²) < 4.78 is 4.57. The van der Waals surface area contributed by atoms with Crippen LogP contribution in [0.5, 0.6) is 0 Å². The third kappa shape index (κ3) is 9.30. The quantitative estimate of drug-likeness (QED) is 0.128. The first-order valence-electron chi connectivity index (χ1n) is 38.2. The smallest absolute Gasteiger partial charge is 0.238 e. The van der Waals surface area contributed by atoms with Gasteiger partial charge in [-0.25, -0.2) is 9.97 Å². The second kappa shape index (κ2) is 24.8. The summed E-state index contributed by atoms with van der Waals surface area (Å²) in [5.41, 5.74) is 29.9. The highest BCUT2D eigenvalue weighted by atomic mass is 15.2. The largest absolute Gasteiger partial charge is 0.278 e. The number of rotatable bonds is 11. The molecule has 4 aromatic heterocycles. The molecule has 112 heavy (non-hydrogen) atoms. The SMILES string of the molecule is c1ccc(-c2cc(-c3cccc(-c4cccc(C5(c6ccccc6)c6ccccc6-c6c5ccc5c6c6ccccc6n5-c5nc(-c6ccccc6)nc(-c6ccccc6)n5)c4)c3)cc(-c3nc(-c4ccccc4)nc(-n4c5ccccc5c5ccc6c(c54)-c4ccccc4C64c5ccccc5-c5ccccc54)n3)c2)cc1. The van der Waals surface area contributed by atoms with E-state index in [1.165, 1.54) is 72.3 Å². The van der Waals surface area contributed by atoms with Crippen LogP contribution in [0.4, 0.5) is 0 Å². The molecule has 20 aromatic rings. The standard InChI is InChI=1S/C104H64N8/c1-6-30-65(31-7-1)72-61-73(63-74(62-72)100-106-99(68-36-12-4-13-37-68)109-102(110-100)112-90-54-26-20-46-79(90)80-56-57-89-94(96(80)112)82-48-19-25-53-87(82)104(89)84-50-22-16-44-77(84)78-45-17-23-51-85(78)104)70-39-28-38-69(60-70)71-40-29-43-76(64-71)103(75-41-14-5-15-42-75)86-52-24-18-47-81(86)93-88(103)58-59-92-95(93)83-49-21-27-55-91(83)111(92)101-107-97(66-32-8-2-9-33-66)105-98(108-101)67-34-10-3-11-35-67/h1-64H. The minimum atomic E-state index is -0.742. The van der Waals surface area contributed by atoms with Gasteiger partial charge < -0.3 is 0 Å². The Morgan fingerprint density at radius 3 is 1.16 bits per heavy atom. The van der Waals surface area contributed by atoms with Gasteiger partial charge in [-0.1, -0.05) is 340 Å². The molecular weight excluding hydrogens is 1360 g/mol. The third-order valence-electron chi connectivity index (χ3n) is 23.7. The zero-order valence-corrected chi connectivity index (χ0v) is 60.5. The predicted molar refractivity (Wildman–Crippen MR) is 454 cm³/mol. The van der Waals surface area contributed by atoms with Crippen molar-refractivity contribution < 1.29 is 0 Å². The lowest BCUT2D eigenvalue weighted by Gasteiger charge is -2.34. The van der Waals surface area contributed by atoms with Crippen LogP contribution < -0.4 is 0 Å². The Bertz CT molecular complexity index is 7150. The molecular formula is C104H64N8. The number of aromatic nitrogens is 8. The average Bonchev–Trinajstić information content (AvgIpc) is 1.50. The monoisotopic (exact) mass is 1420 g/mol. The summed E-state index contributed by atoms with van der Waals surface area (Å²) in [5.74, 6) is 3.44. The Hall–Kier alpha value is -14.9. The lowest BCUT2D eigenvalue weighted by molar-refractivity contribution is 0.769. The van der Waals surface area contributed by atoms with Crippen LogP contribution in [0, 0.1) is 0 Å². The van der Waals surface area contributed by atoms with Crippen molar-refractivity contribution in [3.05, 3.63) is 433 Å². The number of hydrogen-bond acceptors (Lipinski definition) is 6. The van der Waals surface area contributed by atoms with Gasteiger partial charge in [-0.3, -0.25) is 9.13 Å². The van der Waals surface area contributed by atoms with Gasteiger partial charge in [0.15, 0.2) is 23.3 Å². The van der Waals surface area contributed by atoms with E-state index in [2.05, 4.69) is 355 Å². The molecule has 3 aliphatic rings. The topological polar surface area (TPSA) is 87.2 Å². The van der Waals surface area contributed by atoms with Gasteiger partial charge in [-0.05, 0) is 154 Å². The highest BCUT2D eigenvalue weighted by Crippen LogP contribution is 2.65. The highest BCUT2D eigenvalue weighted by molar-refractivity contribution is 6.19. The Morgan fingerprint density at radius 2 is 0.571 bits per heavy atom. The zero-order chi connectivity index (χ0) is 73.6. The van der Waals surface area contributed by atoms with Crippen molar-refractivity contribution >= 4 is 43.6 Å². The van der Waals surface area contributed by atoms with E-state index in [-0.39, 0.29) is 0 Å². The maximum atomic E-state index is 5.77. The van der Waals surface area contributed by atoms with Gasteiger partial charge >= 0.3 is 0 Å². The fourth-order valence-electron chi connectivity index (χ4n) is 19.1. The summed E-state index contributed by atoms with van der Waals surface area (Å²) in [6.45, 7) is 0. The Morgan fingerprint density at radius 1 is 0.196 bits per heavy atom. The molecule has 1 spiro atoms. The van der Waals surface area contributed by atoms with E-state index in [9.17, 15) is 0 Å². The maximum Gasteiger partial charge on any atom is 0.238 e. The first-order valence-corrected chi connectivity index (χ1v) is 38.2. The molecule has 0 fully saturated rings. The number of hydrogen-bond donors (Lipinski definition) is 0. The van der Waals surface area contributed by atoms with Crippen molar-refractivity contribution in [2.24, 2.45) is 0 Å². The van der Waals surface area contributed by atoms with Crippen molar-refractivity contribution in [1.29, 1.82) is 0 Å². The van der Waals surface area contributed by atoms with E-state index in [0.29, 0.717) is 35.2 Å². The van der Waals surface area contributed by atoms with E-state index in [4.69, 9.17) is 29.9 Å². The second-order valence-electron chi connectivity index (χ2n) is 29.5. The van der Waals surface area contributed by atoms with Gasteiger partial charge in [0.05, 0.1) is 32.9 Å². The third-order valence-corrected chi connectivity index (χ3v) is 23.7. The van der Waals surface area contributed by atoms with Crippen LogP contribution in [0.25, 0.3) is 168 Å². The van der Waals surface area contributed by atoms with Gasteiger partial charge in [-0.15, -0.1) is 0 Å². The number of benzene rings is 16. The van der Waals surface area contributed by atoms with E-state index in [1.807, 2.05) is 42.5 Å². The van der Waals surface area contributed by atoms with Crippen molar-refractivity contribution in [2.75, 3.05) is 0 Å². The van der Waals surface area contributed by atoms with E-state index in [0.717, 1.165) is 105 Å². The molecule has 3 aliphatic carbocycles. The summed E-state index contributed by atoms with van der Waals surface area (Å²) in [4.78, 5) is 32.7. The Labute approximate surface area is 646 Å². The molecule has 23 rings (SSSR count). The van der Waals surface area contributed by atoms with Crippen LogP contribution in [-0.2, 0) is 10.8 Å². The van der Waals surface area contributed by atoms with Crippen molar-refractivity contribution in [3.8, 4) is 124 Å². The molecule has 4 heterocycles. The molecule has 0 saturated heterocycles. The van der Waals surface area contributed by atoms with Crippen LogP contribution in [0.3, 0.4) is 0 Å². The summed E-state index contributed by atoms with van der Waals surface area (Å²) in [7, 11) is 0. The lowest BCUT2D eigenvalue weighted by atomic mass is 9.67. The van der Waals surface area contributed by atoms with Crippen molar-refractivity contribution in [2.45, 2.75) is 10.8 Å². The number of nitrogens with zero attached hydrogens (tertiary/aromatic N) is 8. The lowest BCUT2D eigenvalue weighted by Crippen LogP contribution is -2.28. The molecule has 0 saturated carbocycles. The van der Waals surface area contributed by atoms with Crippen molar-refractivity contribution in [3.63, 3.8) is 0 Å². The molecule has 0 bridgehead atoms. The summed E-state index contributed by atoms with van der Waals surface area (Å²) in [6.07, 6.45) is 0. The van der Waals surface area contributed by atoms with E-state index < -0.39 is 10.8 Å². The molecule has 16 aromatic carbocycles. The van der Waals surface area contributed by atoms with Gasteiger partial charge in [0.25, 0.3) is 0 Å². The number of para-hydroxylation sites is 2. The van der Waals surface area contributed by atoms with Crippen LogP contribution in [0.1, 0.15) is 44.5 Å². The van der Waals surface area contributed by atoms with Crippen LogP contribution in [0.15, 0.2) is 388 Å². The summed E-state index contributed by atoms with van der Waals surface area (Å²) in [5, 5.41) is 4.51. The molecule has 520 valence electrons. The normalized spacial score (nSPS) is 14.0. The fraction of sp³-hybridized carbons (Fsp3) is 0.0192. The Kier molecular flexibility index (Phi) is 14.0. The zero-order valence-electron chi connectivity index (χ0n) is 60.5. The van der Waals surface area contributed by atoms with Gasteiger partial charge in [-0.2, -0.15) is 19.9 Å². The Balaban J connectivity index is 0.694. The van der Waals surface area contributed by atoms with Crippen molar-refractivity contribution in [1.82, 2.24) is 39.0 Å². The van der Waals surface area contributed by atoms with Crippen LogP contribution in [0.2, 0.25) is 0 Å². The average molecular weight is 1430 g/mol. The van der Waals surface area contributed by atoms with E-state index in [1.54, 1.807) is 0 Å². The molecule has 0 N–H and O–H groups in total. The number of fused-ring (bicyclic) bond motifs is 21. The molecule has 0 radical (unpaired) electrons. The van der Waals surface area contributed by atoms with Crippen LogP contribution >= 0.6 is 0 Å². The van der Waals surface area contributed by atoms with E-state index >= 15 is 0 Å². The second-order valence-corrected chi connectivity index (χ2v) is 29.5. The first kappa shape index (κ1) is 63.3. The first-order chi connectivity index (χ1) is 55.5.